The summed E-state index contributed by atoms with van der Waals surface area (Å²) in [5.41, 5.74) is 0.372. The summed E-state index contributed by atoms with van der Waals surface area (Å²) in [4.78, 5) is 26.5. The number of ether oxygens (including phenoxy) is 1. The van der Waals surface area contributed by atoms with Crippen LogP contribution in [0.4, 0.5) is 4.79 Å². The van der Waals surface area contributed by atoms with Crippen molar-refractivity contribution in [2.45, 2.75) is 46.1 Å². The highest BCUT2D eigenvalue weighted by Crippen LogP contribution is 2.17. The molecule has 6 heteroatoms. The lowest BCUT2D eigenvalue weighted by Crippen LogP contribution is -2.33. The van der Waals surface area contributed by atoms with E-state index in [0.717, 1.165) is 5.56 Å². The van der Waals surface area contributed by atoms with Gasteiger partial charge >= 0.3 is 6.09 Å². The summed E-state index contributed by atoms with van der Waals surface area (Å²) in [6, 6.07) is 1.53. The first-order valence-corrected chi connectivity index (χ1v) is 6.85. The molecule has 0 spiro atoms. The van der Waals surface area contributed by atoms with E-state index in [1.54, 1.807) is 27.0 Å². The number of pyridine rings is 1. The molecule has 0 aliphatic carbocycles. The van der Waals surface area contributed by atoms with E-state index in [1.807, 2.05) is 0 Å². The van der Waals surface area contributed by atoms with Crippen LogP contribution in [0.2, 0.25) is 0 Å². The summed E-state index contributed by atoms with van der Waals surface area (Å²) in [5.74, 6) is -0.384. The Morgan fingerprint density at radius 1 is 1.38 bits per heavy atom. The number of Topliss-reactive ketones (excluding diaryl/α,β-unsaturated/α-hetero) is 1. The van der Waals surface area contributed by atoms with Crippen molar-refractivity contribution < 1.29 is 19.4 Å². The van der Waals surface area contributed by atoms with Crippen LogP contribution in [0, 0.1) is 0 Å². The maximum atomic E-state index is 11.4. The van der Waals surface area contributed by atoms with E-state index in [2.05, 4.69) is 10.3 Å². The Hall–Kier alpha value is -2.11. The molecule has 0 fully saturated rings. The highest BCUT2D eigenvalue weighted by atomic mass is 16.6. The van der Waals surface area contributed by atoms with Crippen molar-refractivity contribution in [3.05, 3.63) is 23.5 Å². The van der Waals surface area contributed by atoms with Crippen LogP contribution in [-0.4, -0.2) is 34.1 Å². The average Bonchev–Trinajstić information content (AvgIpc) is 2.32. The van der Waals surface area contributed by atoms with Crippen LogP contribution in [0.3, 0.4) is 0 Å². The van der Waals surface area contributed by atoms with Crippen LogP contribution in [0.25, 0.3) is 0 Å². The van der Waals surface area contributed by atoms with Crippen molar-refractivity contribution in [1.82, 2.24) is 10.3 Å². The summed E-state index contributed by atoms with van der Waals surface area (Å²) in [5, 5.41) is 12.3. The summed E-state index contributed by atoms with van der Waals surface area (Å²) in [6.45, 7) is 7.23. The second-order valence-corrected chi connectivity index (χ2v) is 5.80. The smallest absolute Gasteiger partial charge is 0.407 e. The Balaban J connectivity index is 2.38. The summed E-state index contributed by atoms with van der Waals surface area (Å²) in [6.07, 6.45) is 2.42. The molecule has 1 amide bonds. The normalized spacial score (nSPS) is 11.0. The highest BCUT2D eigenvalue weighted by molar-refractivity contribution is 5.94. The van der Waals surface area contributed by atoms with Crippen LogP contribution < -0.4 is 5.32 Å². The number of aromatic hydroxyl groups is 1. The van der Waals surface area contributed by atoms with Crippen LogP contribution in [-0.2, 0) is 11.2 Å². The van der Waals surface area contributed by atoms with E-state index in [1.165, 1.54) is 13.0 Å². The zero-order valence-corrected chi connectivity index (χ0v) is 12.9. The van der Waals surface area contributed by atoms with Gasteiger partial charge in [-0.3, -0.25) is 4.79 Å². The molecule has 21 heavy (non-hydrogen) atoms. The fourth-order valence-corrected chi connectivity index (χ4v) is 1.70. The maximum absolute atomic E-state index is 11.4. The molecule has 0 aliphatic heterocycles. The first-order valence-electron chi connectivity index (χ1n) is 6.85. The number of amides is 1. The fourth-order valence-electron chi connectivity index (χ4n) is 1.70. The topological polar surface area (TPSA) is 88.5 Å². The number of alkyl carbamates (subject to hydrolysis) is 1. The fraction of sp³-hybridized carbons (Fsp3) is 0.533. The molecule has 6 nitrogen and oxygen atoms in total. The first-order chi connectivity index (χ1) is 9.69. The van der Waals surface area contributed by atoms with Crippen molar-refractivity contribution >= 4 is 11.9 Å². The predicted octanol–water partition coefficient (Wildman–Crippen LogP) is 2.45. The van der Waals surface area contributed by atoms with Gasteiger partial charge in [0, 0.05) is 19.7 Å². The molecule has 0 saturated heterocycles. The third kappa shape index (κ3) is 6.25. The molecule has 0 atom stereocenters. The number of aryl methyl sites for hydroxylation is 1. The first kappa shape index (κ1) is 16.9. The maximum Gasteiger partial charge on any atom is 0.407 e. The average molecular weight is 294 g/mol. The molecule has 0 unspecified atom stereocenters. The monoisotopic (exact) mass is 294 g/mol. The molecule has 0 bridgehead atoms. The van der Waals surface area contributed by atoms with E-state index >= 15 is 0 Å². The lowest BCUT2D eigenvalue weighted by molar-refractivity contribution is 0.0527. The van der Waals surface area contributed by atoms with Gasteiger partial charge in [0.1, 0.15) is 17.0 Å². The molecule has 0 saturated carbocycles. The molecule has 1 rings (SSSR count). The van der Waals surface area contributed by atoms with Crippen LogP contribution in [0.5, 0.6) is 5.75 Å². The van der Waals surface area contributed by atoms with Gasteiger partial charge in [-0.25, -0.2) is 9.78 Å². The molecule has 0 aromatic carbocycles. The number of nitrogens with one attached hydrogen (secondary N) is 1. The van der Waals surface area contributed by atoms with Crippen LogP contribution in [0.15, 0.2) is 12.3 Å². The molecule has 0 aliphatic rings. The number of hydrogen-bond donors (Lipinski definition) is 2. The number of ketones is 1. The van der Waals surface area contributed by atoms with Gasteiger partial charge in [0.25, 0.3) is 0 Å². The summed E-state index contributed by atoms with van der Waals surface area (Å²) < 4.78 is 5.11. The number of nitrogens with zero attached hydrogens (tertiary/aromatic N) is 1. The van der Waals surface area contributed by atoms with Gasteiger partial charge in [-0.1, -0.05) is 0 Å². The van der Waals surface area contributed by atoms with Gasteiger partial charge in [0.05, 0.1) is 0 Å². The van der Waals surface area contributed by atoms with Gasteiger partial charge in [0.2, 0.25) is 0 Å². The molecule has 1 aromatic rings. The second kappa shape index (κ2) is 7.06. The lowest BCUT2D eigenvalue weighted by atomic mass is 10.1. The quantitative estimate of drug-likeness (QED) is 0.643. The number of hydrogen-bond acceptors (Lipinski definition) is 5. The number of aromatic nitrogens is 1. The Morgan fingerprint density at radius 2 is 2.05 bits per heavy atom. The Labute approximate surface area is 124 Å². The highest BCUT2D eigenvalue weighted by Gasteiger charge is 2.15. The minimum absolute atomic E-state index is 0.0747. The minimum Gasteiger partial charge on any atom is -0.506 e. The number of carbonyl (C=O) groups is 2. The molecular formula is C15H22N2O4. The lowest BCUT2D eigenvalue weighted by Gasteiger charge is -2.19. The second-order valence-electron chi connectivity index (χ2n) is 5.80. The van der Waals surface area contributed by atoms with Crippen LogP contribution >= 0.6 is 0 Å². The predicted molar refractivity (Wildman–Crippen MR) is 78.5 cm³/mol. The van der Waals surface area contributed by atoms with E-state index in [0.29, 0.717) is 19.4 Å². The van der Waals surface area contributed by atoms with Crippen molar-refractivity contribution in [2.75, 3.05) is 6.54 Å². The number of rotatable bonds is 5. The summed E-state index contributed by atoms with van der Waals surface area (Å²) in [7, 11) is 0. The van der Waals surface area contributed by atoms with Gasteiger partial charge < -0.3 is 15.2 Å². The summed E-state index contributed by atoms with van der Waals surface area (Å²) >= 11 is 0. The van der Waals surface area contributed by atoms with Crippen LogP contribution in [0.1, 0.15) is 50.2 Å². The minimum atomic E-state index is -0.512. The van der Waals surface area contributed by atoms with E-state index in [4.69, 9.17) is 4.74 Å². The third-order valence-electron chi connectivity index (χ3n) is 2.57. The van der Waals surface area contributed by atoms with Crippen molar-refractivity contribution in [3.8, 4) is 5.75 Å². The number of carbonyl (C=O) groups excluding carboxylic acids is 2. The SMILES string of the molecule is CC(=O)c1ncc(CCCNC(=O)OC(C)(C)C)cc1O. The van der Waals surface area contributed by atoms with E-state index in [-0.39, 0.29) is 17.2 Å². The molecule has 1 heterocycles. The van der Waals surface area contributed by atoms with E-state index in [9.17, 15) is 14.7 Å². The van der Waals surface area contributed by atoms with Crippen molar-refractivity contribution in [1.29, 1.82) is 0 Å². The Morgan fingerprint density at radius 3 is 2.57 bits per heavy atom. The standard InChI is InChI=1S/C15H22N2O4/c1-10(18)13-12(19)8-11(9-17-13)6-5-7-16-14(20)21-15(2,3)4/h8-9,19H,5-7H2,1-4H3,(H,16,20). The van der Waals surface area contributed by atoms with Gasteiger partial charge in [-0.15, -0.1) is 0 Å². The third-order valence-corrected chi connectivity index (χ3v) is 2.57. The van der Waals surface area contributed by atoms with E-state index < -0.39 is 11.7 Å². The van der Waals surface area contributed by atoms with Crippen molar-refractivity contribution in [2.24, 2.45) is 0 Å². The van der Waals surface area contributed by atoms with Gasteiger partial charge in [0.15, 0.2) is 5.78 Å². The Kier molecular flexibility index (Phi) is 5.69. The molecule has 0 radical (unpaired) electrons. The largest absolute Gasteiger partial charge is 0.506 e. The van der Waals surface area contributed by atoms with Crippen molar-refractivity contribution in [3.63, 3.8) is 0 Å². The Bertz CT molecular complexity index is 521. The molecule has 2 N–H and O–H groups in total. The zero-order chi connectivity index (χ0) is 16.0. The molecule has 116 valence electrons. The van der Waals surface area contributed by atoms with Gasteiger partial charge in [-0.2, -0.15) is 0 Å². The molecular weight excluding hydrogens is 272 g/mol. The molecule has 1 aromatic heterocycles. The zero-order valence-electron chi connectivity index (χ0n) is 12.9. The van der Waals surface area contributed by atoms with Gasteiger partial charge in [-0.05, 0) is 45.2 Å².